The molecule has 2 aromatic carbocycles. The molecule has 1 N–H and O–H groups in total. The molecule has 8 nitrogen and oxygen atoms in total. The van der Waals surface area contributed by atoms with Crippen LogP contribution >= 0.6 is 11.6 Å². The summed E-state index contributed by atoms with van der Waals surface area (Å²) < 4.78 is 31.4. The number of sulfonamides is 1. The highest BCUT2D eigenvalue weighted by Gasteiger charge is 2.30. The summed E-state index contributed by atoms with van der Waals surface area (Å²) in [6.07, 6.45) is 1.77. The Hall–Kier alpha value is -2.78. The highest BCUT2D eigenvalue weighted by Crippen LogP contribution is 2.24. The van der Waals surface area contributed by atoms with Crippen LogP contribution in [0.4, 0.5) is 5.69 Å². The van der Waals surface area contributed by atoms with Crippen molar-refractivity contribution in [3.8, 4) is 5.75 Å². The molecular weight excluding hydrogens is 478 g/mol. The van der Waals surface area contributed by atoms with Gasteiger partial charge in [0.2, 0.25) is 21.8 Å². The topological polar surface area (TPSA) is 96.0 Å². The number of ether oxygens (including phenoxy) is 1. The number of carbonyl (C=O) groups is 2. The molecule has 0 aromatic heterocycles. The van der Waals surface area contributed by atoms with Gasteiger partial charge in [0.05, 0.1) is 19.1 Å². The fraction of sp³-hybridized carbons (Fsp3) is 0.417. The molecule has 0 heterocycles. The summed E-state index contributed by atoms with van der Waals surface area (Å²) in [5, 5.41) is 3.43. The Morgan fingerprint density at radius 3 is 2.32 bits per heavy atom. The number of nitrogens with zero attached hydrogens (tertiary/aromatic N) is 2. The first-order valence-electron chi connectivity index (χ1n) is 10.9. The van der Waals surface area contributed by atoms with Crippen LogP contribution in [0.25, 0.3) is 0 Å². The molecule has 0 radical (unpaired) electrons. The van der Waals surface area contributed by atoms with Gasteiger partial charge in [-0.1, -0.05) is 36.7 Å². The first-order valence-corrected chi connectivity index (χ1v) is 13.1. The third-order valence-corrected chi connectivity index (χ3v) is 6.85. The summed E-state index contributed by atoms with van der Waals surface area (Å²) in [6, 6.07) is 12.5. The molecule has 0 aliphatic carbocycles. The van der Waals surface area contributed by atoms with Crippen LogP contribution in [0, 0.1) is 0 Å². The Balaban J connectivity index is 2.38. The van der Waals surface area contributed by atoms with Crippen molar-refractivity contribution in [1.82, 2.24) is 10.2 Å². The zero-order chi connectivity index (χ0) is 25.5. The molecular formula is C24H32ClN3O5S. The van der Waals surface area contributed by atoms with Gasteiger partial charge in [-0.15, -0.1) is 0 Å². The number of nitrogens with one attached hydrogen (secondary N) is 1. The SMILES string of the molecule is CC[C@H](C)NC(=O)[C@H](C)N(Cc1ccc(Cl)cc1)C(=O)CN(c1cccc(OC)c1)S(C)(=O)=O. The molecule has 2 amide bonds. The molecule has 0 spiro atoms. The van der Waals surface area contributed by atoms with Crippen molar-refractivity contribution >= 4 is 39.1 Å². The number of hydrogen-bond acceptors (Lipinski definition) is 5. The van der Waals surface area contributed by atoms with E-state index in [9.17, 15) is 18.0 Å². The van der Waals surface area contributed by atoms with Crippen LogP contribution in [0.2, 0.25) is 5.02 Å². The third-order valence-electron chi connectivity index (χ3n) is 5.46. The van der Waals surface area contributed by atoms with Gasteiger partial charge in [-0.2, -0.15) is 0 Å². The summed E-state index contributed by atoms with van der Waals surface area (Å²) in [6.45, 7) is 5.09. The van der Waals surface area contributed by atoms with Gasteiger partial charge < -0.3 is 15.0 Å². The number of benzene rings is 2. The van der Waals surface area contributed by atoms with Crippen LogP contribution < -0.4 is 14.4 Å². The van der Waals surface area contributed by atoms with Crippen molar-refractivity contribution in [3.63, 3.8) is 0 Å². The summed E-state index contributed by atoms with van der Waals surface area (Å²) in [7, 11) is -2.33. The average Bonchev–Trinajstić information content (AvgIpc) is 2.80. The molecule has 2 atom stereocenters. The van der Waals surface area contributed by atoms with Crippen LogP contribution in [0.5, 0.6) is 5.75 Å². The minimum Gasteiger partial charge on any atom is -0.497 e. The zero-order valence-corrected chi connectivity index (χ0v) is 21.7. The van der Waals surface area contributed by atoms with Crippen molar-refractivity contribution < 1.29 is 22.7 Å². The van der Waals surface area contributed by atoms with Gasteiger partial charge in [0.15, 0.2) is 0 Å². The van der Waals surface area contributed by atoms with Crippen molar-refractivity contribution in [3.05, 3.63) is 59.1 Å². The van der Waals surface area contributed by atoms with Crippen molar-refractivity contribution in [2.24, 2.45) is 0 Å². The number of amides is 2. The van der Waals surface area contributed by atoms with E-state index in [0.29, 0.717) is 16.5 Å². The molecule has 0 saturated heterocycles. The van der Waals surface area contributed by atoms with E-state index in [4.69, 9.17) is 16.3 Å². The molecule has 0 aliphatic heterocycles. The number of rotatable bonds is 11. The van der Waals surface area contributed by atoms with E-state index < -0.39 is 28.5 Å². The fourth-order valence-electron chi connectivity index (χ4n) is 3.21. The van der Waals surface area contributed by atoms with Crippen LogP contribution in [0.1, 0.15) is 32.8 Å². The zero-order valence-electron chi connectivity index (χ0n) is 20.1. The molecule has 0 saturated carbocycles. The highest BCUT2D eigenvalue weighted by molar-refractivity contribution is 7.92. The molecule has 0 aliphatic rings. The highest BCUT2D eigenvalue weighted by atomic mass is 35.5. The van der Waals surface area contributed by atoms with E-state index >= 15 is 0 Å². The Morgan fingerprint density at radius 2 is 1.76 bits per heavy atom. The Morgan fingerprint density at radius 1 is 1.12 bits per heavy atom. The van der Waals surface area contributed by atoms with Gasteiger partial charge in [0, 0.05) is 23.7 Å². The van der Waals surface area contributed by atoms with Crippen molar-refractivity contribution in [1.29, 1.82) is 0 Å². The van der Waals surface area contributed by atoms with Gasteiger partial charge in [0.1, 0.15) is 18.3 Å². The van der Waals surface area contributed by atoms with Gasteiger partial charge in [-0.3, -0.25) is 13.9 Å². The molecule has 0 fully saturated rings. The quantitative estimate of drug-likeness (QED) is 0.500. The molecule has 10 heteroatoms. The van der Waals surface area contributed by atoms with Crippen LogP contribution in [0.15, 0.2) is 48.5 Å². The van der Waals surface area contributed by atoms with E-state index in [1.807, 2.05) is 13.8 Å². The second kappa shape index (κ2) is 12.1. The van der Waals surface area contributed by atoms with E-state index in [0.717, 1.165) is 22.5 Å². The summed E-state index contributed by atoms with van der Waals surface area (Å²) >= 11 is 5.98. The summed E-state index contributed by atoms with van der Waals surface area (Å²) in [5.74, 6) is -0.378. The van der Waals surface area contributed by atoms with Gasteiger partial charge in [0.25, 0.3) is 0 Å². The summed E-state index contributed by atoms with van der Waals surface area (Å²) in [4.78, 5) is 27.7. The maximum atomic E-state index is 13.5. The predicted molar refractivity (Wildman–Crippen MR) is 135 cm³/mol. The number of methoxy groups -OCH3 is 1. The van der Waals surface area contributed by atoms with Gasteiger partial charge in [-0.25, -0.2) is 8.42 Å². The normalized spacial score (nSPS) is 13.0. The predicted octanol–water partition coefficient (Wildman–Crippen LogP) is 3.45. The molecule has 186 valence electrons. The first kappa shape index (κ1) is 27.5. The van der Waals surface area contributed by atoms with Crippen molar-refractivity contribution in [2.45, 2.75) is 45.8 Å². The Bertz CT molecular complexity index is 1090. The lowest BCUT2D eigenvalue weighted by Gasteiger charge is -2.32. The van der Waals surface area contributed by atoms with Crippen LogP contribution in [-0.4, -0.2) is 57.1 Å². The average molecular weight is 510 g/mol. The Labute approximate surface area is 206 Å². The van der Waals surface area contributed by atoms with Crippen LogP contribution in [-0.2, 0) is 26.2 Å². The molecule has 0 unspecified atom stereocenters. The Kier molecular flexibility index (Phi) is 9.76. The van der Waals surface area contributed by atoms with E-state index in [1.54, 1.807) is 49.4 Å². The minimum absolute atomic E-state index is 0.0632. The minimum atomic E-state index is -3.81. The number of halogens is 1. The van der Waals surface area contributed by atoms with E-state index in [2.05, 4.69) is 5.32 Å². The maximum Gasteiger partial charge on any atom is 0.244 e. The first-order chi connectivity index (χ1) is 16.0. The maximum absolute atomic E-state index is 13.5. The monoisotopic (exact) mass is 509 g/mol. The number of carbonyl (C=O) groups excluding carboxylic acids is 2. The second-order valence-corrected chi connectivity index (χ2v) is 10.5. The smallest absolute Gasteiger partial charge is 0.244 e. The van der Waals surface area contributed by atoms with Crippen molar-refractivity contribution in [2.75, 3.05) is 24.2 Å². The fourth-order valence-corrected chi connectivity index (χ4v) is 4.18. The number of hydrogen-bond donors (Lipinski definition) is 1. The molecule has 2 aromatic rings. The standard InChI is InChI=1S/C24H32ClN3O5S/c1-6-17(2)26-24(30)18(3)27(15-19-10-12-20(25)13-11-19)23(29)16-28(34(5,31)32)21-8-7-9-22(14-21)33-4/h7-14,17-18H,6,15-16H2,1-5H3,(H,26,30)/t17-,18-/m0/s1. The molecule has 0 bridgehead atoms. The van der Waals surface area contributed by atoms with E-state index in [1.165, 1.54) is 18.1 Å². The summed E-state index contributed by atoms with van der Waals surface area (Å²) in [5.41, 5.74) is 1.05. The van der Waals surface area contributed by atoms with Gasteiger partial charge >= 0.3 is 0 Å². The lowest BCUT2D eigenvalue weighted by molar-refractivity contribution is -0.139. The lowest BCUT2D eigenvalue weighted by Crippen LogP contribution is -2.52. The van der Waals surface area contributed by atoms with Gasteiger partial charge in [-0.05, 0) is 50.1 Å². The molecule has 2 rings (SSSR count). The second-order valence-electron chi connectivity index (χ2n) is 8.11. The largest absolute Gasteiger partial charge is 0.497 e. The van der Waals surface area contributed by atoms with Crippen LogP contribution in [0.3, 0.4) is 0 Å². The third kappa shape index (κ3) is 7.63. The lowest BCUT2D eigenvalue weighted by atomic mass is 10.1. The molecule has 34 heavy (non-hydrogen) atoms. The number of anilines is 1. The van der Waals surface area contributed by atoms with E-state index in [-0.39, 0.29) is 18.5 Å².